The Labute approximate surface area is 181 Å². The lowest BCUT2D eigenvalue weighted by molar-refractivity contribution is -0.115. The van der Waals surface area contributed by atoms with E-state index >= 15 is 0 Å². The van der Waals surface area contributed by atoms with Gasteiger partial charge >= 0.3 is 0 Å². The van der Waals surface area contributed by atoms with Crippen molar-refractivity contribution in [1.82, 2.24) is 19.7 Å². The molecule has 0 aliphatic carbocycles. The number of amides is 1. The maximum Gasteiger partial charge on any atom is 0.262 e. The smallest absolute Gasteiger partial charge is 0.262 e. The highest BCUT2D eigenvalue weighted by Crippen LogP contribution is 2.26. The molecule has 2 heterocycles. The Morgan fingerprint density at radius 2 is 1.97 bits per heavy atom. The van der Waals surface area contributed by atoms with E-state index in [0.29, 0.717) is 26.9 Å². The van der Waals surface area contributed by atoms with Crippen molar-refractivity contribution in [1.29, 1.82) is 0 Å². The average molecular weight is 440 g/mol. The summed E-state index contributed by atoms with van der Waals surface area (Å²) in [4.78, 5) is 32.4. The lowest BCUT2D eigenvalue weighted by Gasteiger charge is -2.13. The van der Waals surface area contributed by atoms with E-state index in [0.717, 1.165) is 23.0 Å². The molecule has 0 spiro atoms. The highest BCUT2D eigenvalue weighted by molar-refractivity contribution is 8.00. The number of nitrogens with zero attached hydrogens (tertiary/aromatic N) is 3. The molecule has 2 aromatic carbocycles. The van der Waals surface area contributed by atoms with E-state index in [1.165, 1.54) is 6.20 Å². The Hall–Kier alpha value is -3.10. The monoisotopic (exact) mass is 439 g/mol. The van der Waals surface area contributed by atoms with Gasteiger partial charge in [0.1, 0.15) is 5.39 Å². The van der Waals surface area contributed by atoms with Crippen LogP contribution in [0, 0.1) is 6.92 Å². The molecule has 1 atom stereocenters. The maximum absolute atomic E-state index is 12.7. The van der Waals surface area contributed by atoms with E-state index < -0.39 is 5.25 Å². The Morgan fingerprint density at radius 1 is 1.20 bits per heavy atom. The zero-order chi connectivity index (χ0) is 21.3. The number of aromatic amines is 1. The summed E-state index contributed by atoms with van der Waals surface area (Å²) in [5, 5.41) is 7.97. The number of benzene rings is 2. The number of aromatic nitrogens is 4. The third-order valence-corrected chi connectivity index (χ3v) is 5.99. The second-order valence-electron chi connectivity index (χ2n) is 6.66. The predicted molar refractivity (Wildman–Crippen MR) is 120 cm³/mol. The van der Waals surface area contributed by atoms with Gasteiger partial charge in [-0.05, 0) is 43.7 Å². The van der Waals surface area contributed by atoms with Crippen LogP contribution in [-0.4, -0.2) is 30.9 Å². The second-order valence-corrected chi connectivity index (χ2v) is 8.40. The number of anilines is 1. The molecule has 2 aromatic heterocycles. The molecule has 7 nitrogen and oxygen atoms in total. The molecule has 0 radical (unpaired) electrons. The first-order valence-electron chi connectivity index (χ1n) is 9.20. The van der Waals surface area contributed by atoms with E-state index in [1.807, 2.05) is 37.3 Å². The zero-order valence-corrected chi connectivity index (χ0v) is 17.8. The van der Waals surface area contributed by atoms with Crippen LogP contribution >= 0.6 is 23.4 Å². The summed E-state index contributed by atoms with van der Waals surface area (Å²) in [6.45, 7) is 3.59. The molecule has 4 rings (SSSR count). The minimum atomic E-state index is -0.503. The minimum Gasteiger partial charge on any atom is -0.325 e. The van der Waals surface area contributed by atoms with E-state index in [-0.39, 0.29) is 11.5 Å². The molecule has 0 saturated heterocycles. The van der Waals surface area contributed by atoms with E-state index in [1.54, 1.807) is 29.8 Å². The number of carbonyl (C=O) groups is 1. The topological polar surface area (TPSA) is 92.7 Å². The lowest BCUT2D eigenvalue weighted by Crippen LogP contribution is -2.23. The van der Waals surface area contributed by atoms with Crippen molar-refractivity contribution in [2.75, 3.05) is 5.32 Å². The van der Waals surface area contributed by atoms with Gasteiger partial charge in [-0.25, -0.2) is 9.67 Å². The summed E-state index contributed by atoms with van der Waals surface area (Å²) in [5.74, 6) is -0.218. The fraction of sp³-hybridized carbons (Fsp3) is 0.143. The van der Waals surface area contributed by atoms with Gasteiger partial charge in [0.15, 0.2) is 10.8 Å². The number of halogens is 1. The molecule has 0 aliphatic rings. The van der Waals surface area contributed by atoms with Crippen LogP contribution in [0.25, 0.3) is 16.7 Å². The van der Waals surface area contributed by atoms with Gasteiger partial charge < -0.3 is 10.3 Å². The Balaban J connectivity index is 1.59. The van der Waals surface area contributed by atoms with Crippen LogP contribution in [0.5, 0.6) is 0 Å². The van der Waals surface area contributed by atoms with Gasteiger partial charge in [0.05, 0.1) is 17.1 Å². The largest absolute Gasteiger partial charge is 0.325 e. The summed E-state index contributed by atoms with van der Waals surface area (Å²) in [6, 6.07) is 14.8. The van der Waals surface area contributed by atoms with Crippen LogP contribution in [0.2, 0.25) is 5.02 Å². The third-order valence-electron chi connectivity index (χ3n) is 4.60. The molecule has 0 aliphatic heterocycles. The summed E-state index contributed by atoms with van der Waals surface area (Å²) >= 11 is 7.28. The number of fused-ring (bicyclic) bond motifs is 1. The first-order chi connectivity index (χ1) is 14.4. The van der Waals surface area contributed by atoms with Gasteiger partial charge in [0.25, 0.3) is 5.56 Å². The van der Waals surface area contributed by atoms with E-state index in [4.69, 9.17) is 11.6 Å². The molecule has 152 valence electrons. The highest BCUT2D eigenvalue weighted by Gasteiger charge is 2.19. The van der Waals surface area contributed by atoms with Crippen molar-refractivity contribution < 1.29 is 4.79 Å². The Kier molecular flexibility index (Phi) is 5.61. The third kappa shape index (κ3) is 3.96. The maximum atomic E-state index is 12.7. The standard InChI is InChI=1S/C21H18ClN5O2S/c1-12-16(22)9-6-10-17(12)24-19(28)13(2)30-21-25-18-15(20(29)26-21)11-23-27(18)14-7-4-3-5-8-14/h3-11,13H,1-2H3,(H,24,28)(H,25,26,29). The number of carbonyl (C=O) groups excluding carboxylic acids is 1. The van der Waals surface area contributed by atoms with E-state index in [2.05, 4.69) is 20.4 Å². The SMILES string of the molecule is Cc1c(Cl)cccc1NC(=O)C(C)Sc1nc2c(cnn2-c2ccccc2)c(=O)[nH]1. The molecular weight excluding hydrogens is 422 g/mol. The van der Waals surface area contributed by atoms with Crippen LogP contribution in [-0.2, 0) is 4.79 Å². The Bertz CT molecular complexity index is 1290. The average Bonchev–Trinajstić information content (AvgIpc) is 3.16. The number of thioether (sulfide) groups is 1. The van der Waals surface area contributed by atoms with Gasteiger partial charge in [0, 0.05) is 10.7 Å². The van der Waals surface area contributed by atoms with Crippen molar-refractivity contribution in [2.45, 2.75) is 24.3 Å². The quantitative estimate of drug-likeness (QED) is 0.359. The van der Waals surface area contributed by atoms with Gasteiger partial charge in [0.2, 0.25) is 5.91 Å². The summed E-state index contributed by atoms with van der Waals surface area (Å²) < 4.78 is 1.61. The molecule has 1 amide bonds. The number of hydrogen-bond acceptors (Lipinski definition) is 5. The molecule has 0 fully saturated rings. The summed E-state index contributed by atoms with van der Waals surface area (Å²) in [5.41, 5.74) is 2.38. The van der Waals surface area contributed by atoms with Crippen molar-refractivity contribution in [2.24, 2.45) is 0 Å². The van der Waals surface area contributed by atoms with Gasteiger partial charge in [-0.2, -0.15) is 5.10 Å². The molecule has 9 heteroatoms. The first-order valence-corrected chi connectivity index (χ1v) is 10.5. The number of para-hydroxylation sites is 1. The fourth-order valence-corrected chi connectivity index (χ4v) is 3.88. The molecule has 30 heavy (non-hydrogen) atoms. The minimum absolute atomic E-state index is 0.218. The normalized spacial score (nSPS) is 12.1. The lowest BCUT2D eigenvalue weighted by atomic mass is 10.2. The summed E-state index contributed by atoms with van der Waals surface area (Å²) in [7, 11) is 0. The van der Waals surface area contributed by atoms with Crippen LogP contribution in [0.3, 0.4) is 0 Å². The number of hydrogen-bond donors (Lipinski definition) is 2. The number of rotatable bonds is 5. The highest BCUT2D eigenvalue weighted by atomic mass is 35.5. The predicted octanol–water partition coefficient (Wildman–Crippen LogP) is 4.19. The molecule has 0 bridgehead atoms. The van der Waals surface area contributed by atoms with Crippen molar-refractivity contribution >= 4 is 46.0 Å². The molecule has 4 aromatic rings. The first kappa shape index (κ1) is 20.2. The van der Waals surface area contributed by atoms with Crippen molar-refractivity contribution in [3.05, 3.63) is 75.7 Å². The molecule has 1 unspecified atom stereocenters. The number of H-pyrrole nitrogens is 1. The molecule has 0 saturated carbocycles. The number of nitrogens with one attached hydrogen (secondary N) is 2. The van der Waals surface area contributed by atoms with Gasteiger partial charge in [-0.3, -0.25) is 9.59 Å². The van der Waals surface area contributed by atoms with Gasteiger partial charge in [-0.15, -0.1) is 0 Å². The van der Waals surface area contributed by atoms with Crippen LogP contribution in [0.4, 0.5) is 5.69 Å². The van der Waals surface area contributed by atoms with Crippen LogP contribution in [0.15, 0.2) is 64.7 Å². The second kappa shape index (κ2) is 8.33. The zero-order valence-electron chi connectivity index (χ0n) is 16.2. The van der Waals surface area contributed by atoms with Crippen LogP contribution < -0.4 is 10.9 Å². The molecular formula is C21H18ClN5O2S. The fourth-order valence-electron chi connectivity index (χ4n) is 2.91. The van der Waals surface area contributed by atoms with Crippen LogP contribution in [0.1, 0.15) is 12.5 Å². The Morgan fingerprint density at radius 3 is 2.73 bits per heavy atom. The van der Waals surface area contributed by atoms with Gasteiger partial charge in [-0.1, -0.05) is 47.6 Å². The van der Waals surface area contributed by atoms with Crippen molar-refractivity contribution in [3.8, 4) is 5.69 Å². The summed E-state index contributed by atoms with van der Waals surface area (Å²) in [6.07, 6.45) is 1.49. The van der Waals surface area contributed by atoms with Crippen molar-refractivity contribution in [3.63, 3.8) is 0 Å². The van der Waals surface area contributed by atoms with E-state index in [9.17, 15) is 9.59 Å². The molecule has 2 N–H and O–H groups in total.